The number of aryl methyl sites for hydroxylation is 2. The van der Waals surface area contributed by atoms with Gasteiger partial charge in [0.2, 0.25) is 0 Å². The topological polar surface area (TPSA) is 41.1 Å². The molecule has 2 rings (SSSR count). The van der Waals surface area contributed by atoms with E-state index in [2.05, 4.69) is 35.8 Å². The van der Waals surface area contributed by atoms with Gasteiger partial charge in [-0.2, -0.15) is 0 Å². The zero-order chi connectivity index (χ0) is 12.3. The molecule has 0 saturated carbocycles. The van der Waals surface area contributed by atoms with Gasteiger partial charge in [0.1, 0.15) is 6.67 Å². The van der Waals surface area contributed by atoms with Gasteiger partial charge in [-0.15, -0.1) is 0 Å². The molecule has 4 heteroatoms. The molecule has 1 unspecified atom stereocenters. The van der Waals surface area contributed by atoms with E-state index in [4.69, 9.17) is 0 Å². The minimum atomic E-state index is -0.534. The Bertz CT molecular complexity index is 420. The van der Waals surface area contributed by atoms with Gasteiger partial charge in [0, 0.05) is 6.54 Å². The zero-order valence-electron chi connectivity index (χ0n) is 9.92. The summed E-state index contributed by atoms with van der Waals surface area (Å²) in [5.74, 6) is 0. The Morgan fingerprint density at radius 3 is 3.12 bits per heavy atom. The van der Waals surface area contributed by atoms with Crippen LogP contribution in [-0.4, -0.2) is 19.3 Å². The zero-order valence-corrected chi connectivity index (χ0v) is 9.92. The van der Waals surface area contributed by atoms with Gasteiger partial charge in [-0.05, 0) is 30.9 Å². The molecule has 1 aliphatic rings. The summed E-state index contributed by atoms with van der Waals surface area (Å²) in [5, 5.41) is 5.35. The van der Waals surface area contributed by atoms with Gasteiger partial charge in [-0.1, -0.05) is 23.8 Å². The van der Waals surface area contributed by atoms with E-state index in [9.17, 15) is 9.18 Å². The largest absolute Gasteiger partial charge is 0.336 e. The molecule has 0 heterocycles. The van der Waals surface area contributed by atoms with Crippen LogP contribution in [0.5, 0.6) is 0 Å². The number of benzene rings is 1. The lowest BCUT2D eigenvalue weighted by Crippen LogP contribution is -2.38. The average molecular weight is 236 g/mol. The van der Waals surface area contributed by atoms with Crippen LogP contribution in [0.2, 0.25) is 0 Å². The predicted molar refractivity (Wildman–Crippen MR) is 64.8 cm³/mol. The minimum absolute atomic E-state index is 0.0604. The highest BCUT2D eigenvalue weighted by molar-refractivity contribution is 5.74. The number of hydrogen-bond acceptors (Lipinski definition) is 1. The molecule has 0 radical (unpaired) electrons. The Labute approximate surface area is 100 Å². The second-order valence-electron chi connectivity index (χ2n) is 4.38. The number of carbonyl (C=O) groups is 1. The Kier molecular flexibility index (Phi) is 3.61. The van der Waals surface area contributed by atoms with E-state index in [1.165, 1.54) is 16.7 Å². The molecule has 2 amide bonds. The molecule has 0 fully saturated rings. The quantitative estimate of drug-likeness (QED) is 0.830. The van der Waals surface area contributed by atoms with E-state index >= 15 is 0 Å². The lowest BCUT2D eigenvalue weighted by Gasteiger charge is -2.14. The second kappa shape index (κ2) is 5.17. The second-order valence-corrected chi connectivity index (χ2v) is 4.38. The third kappa shape index (κ3) is 2.75. The number of alkyl halides is 1. The maximum atomic E-state index is 11.9. The summed E-state index contributed by atoms with van der Waals surface area (Å²) in [4.78, 5) is 11.4. The van der Waals surface area contributed by atoms with E-state index in [1.54, 1.807) is 0 Å². The van der Waals surface area contributed by atoms with Crippen molar-refractivity contribution in [2.45, 2.75) is 25.8 Å². The van der Waals surface area contributed by atoms with Crippen molar-refractivity contribution >= 4 is 6.03 Å². The highest BCUT2D eigenvalue weighted by Crippen LogP contribution is 2.31. The third-order valence-corrected chi connectivity index (χ3v) is 3.06. The normalized spacial score (nSPS) is 17.6. The number of halogens is 1. The highest BCUT2D eigenvalue weighted by Gasteiger charge is 2.23. The van der Waals surface area contributed by atoms with Gasteiger partial charge in [-0.3, -0.25) is 0 Å². The molecule has 1 atom stereocenters. The molecule has 0 aromatic heterocycles. The maximum absolute atomic E-state index is 11.9. The average Bonchev–Trinajstić information content (AvgIpc) is 2.69. The standard InChI is InChI=1S/C13H17FN2O/c1-9-2-4-11-10(8-9)3-5-12(11)16-13(17)15-7-6-14/h2,4,8,12H,3,5-7H2,1H3,(H2,15,16,17). The summed E-state index contributed by atoms with van der Waals surface area (Å²) in [6.07, 6.45) is 1.91. The molecule has 1 aromatic carbocycles. The van der Waals surface area contributed by atoms with Gasteiger partial charge in [-0.25, -0.2) is 9.18 Å². The Morgan fingerprint density at radius 2 is 2.35 bits per heavy atom. The van der Waals surface area contributed by atoms with Crippen LogP contribution < -0.4 is 10.6 Å². The van der Waals surface area contributed by atoms with Crippen LogP contribution in [0.3, 0.4) is 0 Å². The number of carbonyl (C=O) groups excluding carboxylic acids is 1. The molecule has 92 valence electrons. The molecule has 0 bridgehead atoms. The van der Waals surface area contributed by atoms with Crippen LogP contribution in [-0.2, 0) is 6.42 Å². The molecule has 3 nitrogen and oxygen atoms in total. The lowest BCUT2D eigenvalue weighted by atomic mass is 10.1. The van der Waals surface area contributed by atoms with Crippen molar-refractivity contribution in [3.63, 3.8) is 0 Å². The Hall–Kier alpha value is -1.58. The predicted octanol–water partition coefficient (Wildman–Crippen LogP) is 2.25. The van der Waals surface area contributed by atoms with Crippen LogP contribution in [0.25, 0.3) is 0 Å². The molecular formula is C13H17FN2O. The van der Waals surface area contributed by atoms with Gasteiger partial charge < -0.3 is 10.6 Å². The molecule has 0 saturated heterocycles. The number of fused-ring (bicyclic) bond motifs is 1. The van der Waals surface area contributed by atoms with Crippen molar-refractivity contribution < 1.29 is 9.18 Å². The molecule has 0 spiro atoms. The minimum Gasteiger partial charge on any atom is -0.336 e. The molecule has 0 aliphatic heterocycles. The first kappa shape index (κ1) is 11.9. The van der Waals surface area contributed by atoms with E-state index in [-0.39, 0.29) is 18.6 Å². The number of hydrogen-bond donors (Lipinski definition) is 2. The van der Waals surface area contributed by atoms with E-state index in [1.807, 2.05) is 0 Å². The fourth-order valence-electron chi connectivity index (χ4n) is 2.27. The van der Waals surface area contributed by atoms with Crippen molar-refractivity contribution in [1.82, 2.24) is 10.6 Å². The first-order valence-corrected chi connectivity index (χ1v) is 5.90. The van der Waals surface area contributed by atoms with Crippen LogP contribution >= 0.6 is 0 Å². The molecule has 1 aromatic rings. The first-order chi connectivity index (χ1) is 8.20. The van der Waals surface area contributed by atoms with Crippen molar-refractivity contribution in [1.29, 1.82) is 0 Å². The van der Waals surface area contributed by atoms with Crippen molar-refractivity contribution in [3.05, 3.63) is 34.9 Å². The van der Waals surface area contributed by atoms with Crippen LogP contribution in [0.4, 0.5) is 9.18 Å². The van der Waals surface area contributed by atoms with Crippen molar-refractivity contribution in [2.24, 2.45) is 0 Å². The van der Waals surface area contributed by atoms with Gasteiger partial charge in [0.05, 0.1) is 6.04 Å². The molecule has 1 aliphatic carbocycles. The summed E-state index contributed by atoms with van der Waals surface area (Å²) in [7, 11) is 0. The fraction of sp³-hybridized carbons (Fsp3) is 0.462. The maximum Gasteiger partial charge on any atom is 0.315 e. The molecule has 2 N–H and O–H groups in total. The van der Waals surface area contributed by atoms with E-state index in [0.717, 1.165) is 12.8 Å². The van der Waals surface area contributed by atoms with E-state index in [0.29, 0.717) is 0 Å². The Morgan fingerprint density at radius 1 is 1.53 bits per heavy atom. The van der Waals surface area contributed by atoms with Crippen molar-refractivity contribution in [3.8, 4) is 0 Å². The fourth-order valence-corrected chi connectivity index (χ4v) is 2.27. The van der Waals surface area contributed by atoms with E-state index < -0.39 is 6.67 Å². The molecule has 17 heavy (non-hydrogen) atoms. The summed E-state index contributed by atoms with van der Waals surface area (Å²) >= 11 is 0. The molecular weight excluding hydrogens is 219 g/mol. The summed E-state index contributed by atoms with van der Waals surface area (Å²) in [5.41, 5.74) is 3.73. The number of urea groups is 1. The first-order valence-electron chi connectivity index (χ1n) is 5.90. The lowest BCUT2D eigenvalue weighted by molar-refractivity contribution is 0.236. The SMILES string of the molecule is Cc1ccc2c(c1)CCC2NC(=O)NCCF. The third-order valence-electron chi connectivity index (χ3n) is 3.06. The van der Waals surface area contributed by atoms with Gasteiger partial charge in [0.15, 0.2) is 0 Å². The smallest absolute Gasteiger partial charge is 0.315 e. The van der Waals surface area contributed by atoms with Gasteiger partial charge >= 0.3 is 6.03 Å². The number of amides is 2. The van der Waals surface area contributed by atoms with Crippen LogP contribution in [0.1, 0.15) is 29.2 Å². The highest BCUT2D eigenvalue weighted by atomic mass is 19.1. The van der Waals surface area contributed by atoms with Crippen LogP contribution in [0.15, 0.2) is 18.2 Å². The van der Waals surface area contributed by atoms with Gasteiger partial charge in [0.25, 0.3) is 0 Å². The summed E-state index contributed by atoms with van der Waals surface area (Å²) in [6, 6.07) is 6.05. The Balaban J connectivity index is 2.00. The summed E-state index contributed by atoms with van der Waals surface area (Å²) < 4.78 is 11.9. The monoisotopic (exact) mass is 236 g/mol. The number of nitrogens with one attached hydrogen (secondary N) is 2. The van der Waals surface area contributed by atoms with Crippen molar-refractivity contribution in [2.75, 3.05) is 13.2 Å². The van der Waals surface area contributed by atoms with Crippen LogP contribution in [0, 0.1) is 6.92 Å². The number of rotatable bonds is 3. The summed E-state index contributed by atoms with van der Waals surface area (Å²) in [6.45, 7) is 1.60.